The normalized spacial score (nSPS) is 16.3. The van der Waals surface area contributed by atoms with Crippen molar-refractivity contribution in [2.75, 3.05) is 24.2 Å². The number of methoxy groups -OCH3 is 1. The third kappa shape index (κ3) is 4.42. The van der Waals surface area contributed by atoms with Gasteiger partial charge in [0.2, 0.25) is 15.9 Å². The van der Waals surface area contributed by atoms with Gasteiger partial charge in [0.25, 0.3) is 0 Å². The number of ether oxygens (including phenoxy) is 1. The minimum absolute atomic E-state index is 0.0958. The third-order valence-electron chi connectivity index (χ3n) is 4.75. The summed E-state index contributed by atoms with van der Waals surface area (Å²) >= 11 is 0. The maximum atomic E-state index is 12.7. The first-order valence-corrected chi connectivity index (χ1v) is 10.7. The molecule has 1 aliphatic rings. The molecule has 0 spiro atoms. The van der Waals surface area contributed by atoms with Gasteiger partial charge in [-0.15, -0.1) is 0 Å². The Morgan fingerprint density at radius 1 is 1.19 bits per heavy atom. The summed E-state index contributed by atoms with van der Waals surface area (Å²) < 4.78 is 31.0. The summed E-state index contributed by atoms with van der Waals surface area (Å²) in [6, 6.07) is 14.7. The number of sulfonamides is 1. The van der Waals surface area contributed by atoms with Gasteiger partial charge in [-0.05, 0) is 42.5 Å². The first-order valence-electron chi connectivity index (χ1n) is 8.88. The maximum Gasteiger partial charge on any atom is 0.241 e. The van der Waals surface area contributed by atoms with Crippen LogP contribution in [0, 0.1) is 0 Å². The van der Waals surface area contributed by atoms with E-state index in [0.29, 0.717) is 11.4 Å². The van der Waals surface area contributed by atoms with Gasteiger partial charge in [-0.3, -0.25) is 9.10 Å². The summed E-state index contributed by atoms with van der Waals surface area (Å²) in [5.41, 5.74) is 2.70. The molecule has 0 fully saturated rings. The van der Waals surface area contributed by atoms with E-state index in [0.717, 1.165) is 35.4 Å². The highest BCUT2D eigenvalue weighted by atomic mass is 32.2. The van der Waals surface area contributed by atoms with Crippen molar-refractivity contribution in [1.82, 2.24) is 5.32 Å². The topological polar surface area (TPSA) is 75.7 Å². The average molecular weight is 388 g/mol. The number of amides is 1. The first-order chi connectivity index (χ1) is 12.9. The van der Waals surface area contributed by atoms with E-state index in [9.17, 15) is 13.2 Å². The minimum atomic E-state index is -3.65. The Hall–Kier alpha value is -2.54. The lowest BCUT2D eigenvalue weighted by molar-refractivity contribution is -0.120. The van der Waals surface area contributed by atoms with E-state index in [2.05, 4.69) is 11.4 Å². The molecule has 144 valence electrons. The molecule has 2 aromatic rings. The number of carbonyl (C=O) groups excluding carboxylic acids is 1. The van der Waals surface area contributed by atoms with Crippen molar-refractivity contribution in [1.29, 1.82) is 0 Å². The Bertz CT molecular complexity index is 927. The molecular weight excluding hydrogens is 364 g/mol. The Morgan fingerprint density at radius 2 is 1.89 bits per heavy atom. The number of rotatable bonds is 6. The molecule has 1 N–H and O–H groups in total. The summed E-state index contributed by atoms with van der Waals surface area (Å²) in [5, 5.41) is 3.00. The molecule has 2 aromatic carbocycles. The van der Waals surface area contributed by atoms with Crippen LogP contribution in [0.5, 0.6) is 5.75 Å². The van der Waals surface area contributed by atoms with Gasteiger partial charge in [0.1, 0.15) is 12.3 Å². The van der Waals surface area contributed by atoms with Crippen LogP contribution in [0.1, 0.15) is 30.0 Å². The summed E-state index contributed by atoms with van der Waals surface area (Å²) in [6.07, 6.45) is 3.92. The third-order valence-corrected chi connectivity index (χ3v) is 5.87. The molecule has 0 heterocycles. The number of anilines is 1. The van der Waals surface area contributed by atoms with E-state index >= 15 is 0 Å². The second kappa shape index (κ2) is 8.00. The van der Waals surface area contributed by atoms with Crippen molar-refractivity contribution in [3.63, 3.8) is 0 Å². The van der Waals surface area contributed by atoms with Crippen molar-refractivity contribution >= 4 is 21.6 Å². The van der Waals surface area contributed by atoms with Crippen LogP contribution >= 0.6 is 0 Å². The Labute approximate surface area is 160 Å². The van der Waals surface area contributed by atoms with Gasteiger partial charge in [-0.1, -0.05) is 36.4 Å². The summed E-state index contributed by atoms with van der Waals surface area (Å²) in [4.78, 5) is 12.7. The quantitative estimate of drug-likeness (QED) is 0.825. The molecule has 0 radical (unpaired) electrons. The lowest BCUT2D eigenvalue weighted by atomic mass is 9.88. The first kappa shape index (κ1) is 19.2. The van der Waals surface area contributed by atoms with Crippen LogP contribution in [-0.4, -0.2) is 34.2 Å². The number of nitrogens with one attached hydrogen (secondary N) is 1. The average Bonchev–Trinajstić information content (AvgIpc) is 2.65. The Balaban J connectivity index is 1.81. The van der Waals surface area contributed by atoms with E-state index < -0.39 is 10.0 Å². The zero-order chi connectivity index (χ0) is 19.4. The van der Waals surface area contributed by atoms with Gasteiger partial charge in [0, 0.05) is 0 Å². The predicted octanol–water partition coefficient (Wildman–Crippen LogP) is 2.66. The number of nitrogens with zero attached hydrogens (tertiary/aromatic N) is 1. The van der Waals surface area contributed by atoms with Gasteiger partial charge in [0.05, 0.1) is 25.1 Å². The number of aryl methyl sites for hydroxylation is 1. The number of fused-ring (bicyclic) bond motifs is 1. The fourth-order valence-electron chi connectivity index (χ4n) is 3.49. The highest BCUT2D eigenvalue weighted by molar-refractivity contribution is 7.92. The van der Waals surface area contributed by atoms with Crippen molar-refractivity contribution in [3.05, 3.63) is 59.7 Å². The monoisotopic (exact) mass is 388 g/mol. The lowest BCUT2D eigenvalue weighted by Crippen LogP contribution is -2.42. The molecule has 0 saturated heterocycles. The largest absolute Gasteiger partial charge is 0.495 e. The number of para-hydroxylation sites is 2. The highest BCUT2D eigenvalue weighted by Crippen LogP contribution is 2.31. The van der Waals surface area contributed by atoms with Crippen LogP contribution in [0.2, 0.25) is 0 Å². The van der Waals surface area contributed by atoms with Crippen LogP contribution in [0.3, 0.4) is 0 Å². The molecule has 7 heteroatoms. The van der Waals surface area contributed by atoms with E-state index in [1.165, 1.54) is 12.7 Å². The minimum Gasteiger partial charge on any atom is -0.495 e. The number of carbonyl (C=O) groups is 1. The smallest absolute Gasteiger partial charge is 0.241 e. The maximum absolute atomic E-state index is 12.7. The predicted molar refractivity (Wildman–Crippen MR) is 105 cm³/mol. The number of benzene rings is 2. The molecule has 0 saturated carbocycles. The molecule has 0 bridgehead atoms. The fraction of sp³-hybridized carbons (Fsp3) is 0.350. The van der Waals surface area contributed by atoms with Gasteiger partial charge in [-0.25, -0.2) is 8.42 Å². The standard InChI is InChI=1S/C20H24N2O4S/c1-26-19-13-6-5-12-18(19)22(27(2,24)25)14-20(23)21-17-11-7-9-15-8-3-4-10-16(15)17/h3-6,8,10,12-13,17H,7,9,11,14H2,1-2H3,(H,21,23). The second-order valence-electron chi connectivity index (χ2n) is 6.65. The van der Waals surface area contributed by atoms with Crippen LogP contribution in [0.4, 0.5) is 5.69 Å². The molecule has 27 heavy (non-hydrogen) atoms. The van der Waals surface area contributed by atoms with Gasteiger partial charge < -0.3 is 10.1 Å². The molecule has 0 aliphatic heterocycles. The molecule has 1 amide bonds. The summed E-state index contributed by atoms with van der Waals surface area (Å²) in [5.74, 6) is 0.0618. The zero-order valence-corrected chi connectivity index (χ0v) is 16.3. The zero-order valence-electron chi connectivity index (χ0n) is 15.5. The van der Waals surface area contributed by atoms with E-state index in [1.54, 1.807) is 24.3 Å². The number of hydrogen-bond donors (Lipinski definition) is 1. The van der Waals surface area contributed by atoms with Gasteiger partial charge >= 0.3 is 0 Å². The molecule has 3 rings (SSSR count). The Kier molecular flexibility index (Phi) is 5.70. The highest BCUT2D eigenvalue weighted by Gasteiger charge is 2.26. The fourth-order valence-corrected chi connectivity index (χ4v) is 4.35. The van der Waals surface area contributed by atoms with Gasteiger partial charge in [-0.2, -0.15) is 0 Å². The van der Waals surface area contributed by atoms with E-state index in [4.69, 9.17) is 4.74 Å². The van der Waals surface area contributed by atoms with Crippen molar-refractivity contribution in [2.24, 2.45) is 0 Å². The van der Waals surface area contributed by atoms with E-state index in [-0.39, 0.29) is 18.5 Å². The molecule has 1 unspecified atom stereocenters. The number of hydrogen-bond acceptors (Lipinski definition) is 4. The molecule has 6 nitrogen and oxygen atoms in total. The van der Waals surface area contributed by atoms with Crippen LogP contribution in [0.15, 0.2) is 48.5 Å². The van der Waals surface area contributed by atoms with Crippen molar-refractivity contribution in [3.8, 4) is 5.75 Å². The molecular formula is C20H24N2O4S. The van der Waals surface area contributed by atoms with Crippen LogP contribution in [-0.2, 0) is 21.2 Å². The van der Waals surface area contributed by atoms with Crippen LogP contribution in [0.25, 0.3) is 0 Å². The Morgan fingerprint density at radius 3 is 2.63 bits per heavy atom. The van der Waals surface area contributed by atoms with Gasteiger partial charge in [0.15, 0.2) is 0 Å². The second-order valence-corrected chi connectivity index (χ2v) is 8.56. The molecule has 1 aliphatic carbocycles. The summed E-state index contributed by atoms with van der Waals surface area (Å²) in [6.45, 7) is -0.294. The van der Waals surface area contributed by atoms with Crippen LogP contribution < -0.4 is 14.4 Å². The SMILES string of the molecule is COc1ccccc1N(CC(=O)NC1CCCc2ccccc21)S(C)(=O)=O. The summed E-state index contributed by atoms with van der Waals surface area (Å²) in [7, 11) is -2.18. The van der Waals surface area contributed by atoms with Crippen molar-refractivity contribution < 1.29 is 17.9 Å². The van der Waals surface area contributed by atoms with Crippen molar-refractivity contribution in [2.45, 2.75) is 25.3 Å². The van der Waals surface area contributed by atoms with E-state index in [1.807, 2.05) is 18.2 Å². The molecule has 0 aromatic heterocycles. The lowest BCUT2D eigenvalue weighted by Gasteiger charge is -2.28. The molecule has 1 atom stereocenters.